The molecule has 0 bridgehead atoms. The van der Waals surface area contributed by atoms with E-state index >= 15 is 0 Å². The molecule has 5 rings (SSSR count). The van der Waals surface area contributed by atoms with Crippen molar-refractivity contribution in [2.24, 2.45) is 0 Å². The van der Waals surface area contributed by atoms with Crippen molar-refractivity contribution in [1.82, 2.24) is 0 Å². The number of fused-ring (bicyclic) bond motifs is 2. The normalized spacial score (nSPS) is 15.0. The molecule has 4 aromatic rings. The number of anilines is 1. The first-order chi connectivity index (χ1) is 16.3. The Balaban J connectivity index is 1.77. The van der Waals surface area contributed by atoms with E-state index in [0.717, 1.165) is 11.1 Å². The Bertz CT molecular complexity index is 1540. The molecule has 0 saturated carbocycles. The molecule has 170 valence electrons. The number of hydrogen-bond donors (Lipinski definition) is 0. The first-order valence-electron chi connectivity index (χ1n) is 10.7. The summed E-state index contributed by atoms with van der Waals surface area (Å²) >= 11 is 6.38. The fourth-order valence-electron chi connectivity index (χ4n) is 4.32. The highest BCUT2D eigenvalue weighted by molar-refractivity contribution is 6.31. The Labute approximate surface area is 200 Å². The predicted molar refractivity (Wildman–Crippen MR) is 130 cm³/mol. The summed E-state index contributed by atoms with van der Waals surface area (Å²) < 4.78 is 10.8. The third kappa shape index (κ3) is 3.38. The van der Waals surface area contributed by atoms with Crippen LogP contribution in [0.4, 0.5) is 5.69 Å². The summed E-state index contributed by atoms with van der Waals surface area (Å²) in [5, 5.41) is 0.910. The summed E-state index contributed by atoms with van der Waals surface area (Å²) in [4.78, 5) is 40.8. The average Bonchev–Trinajstić information content (AvgIpc) is 3.13. The van der Waals surface area contributed by atoms with Crippen molar-refractivity contribution in [2.75, 3.05) is 12.0 Å². The number of esters is 1. The molecule has 1 aliphatic heterocycles. The van der Waals surface area contributed by atoms with Crippen molar-refractivity contribution in [3.63, 3.8) is 0 Å². The third-order valence-electron chi connectivity index (χ3n) is 6.11. The van der Waals surface area contributed by atoms with E-state index in [0.29, 0.717) is 32.8 Å². The van der Waals surface area contributed by atoms with E-state index in [4.69, 9.17) is 20.8 Å². The van der Waals surface area contributed by atoms with E-state index < -0.39 is 17.9 Å². The number of methoxy groups -OCH3 is 1. The number of nitrogens with zero attached hydrogens (tertiary/aromatic N) is 1. The number of aryl methyl sites for hydroxylation is 2. The molecule has 2 heterocycles. The van der Waals surface area contributed by atoms with Crippen LogP contribution in [0.15, 0.2) is 69.9 Å². The van der Waals surface area contributed by atoms with Crippen LogP contribution in [0.5, 0.6) is 0 Å². The van der Waals surface area contributed by atoms with E-state index in [1.165, 1.54) is 12.0 Å². The molecule has 7 heteroatoms. The van der Waals surface area contributed by atoms with E-state index in [2.05, 4.69) is 0 Å². The minimum absolute atomic E-state index is 0.0000879. The van der Waals surface area contributed by atoms with E-state index in [1.807, 2.05) is 26.0 Å². The van der Waals surface area contributed by atoms with Crippen LogP contribution in [-0.4, -0.2) is 19.0 Å². The van der Waals surface area contributed by atoms with Crippen LogP contribution in [0.25, 0.3) is 11.0 Å². The maximum atomic E-state index is 13.7. The van der Waals surface area contributed by atoms with Crippen molar-refractivity contribution in [3.05, 3.63) is 109 Å². The van der Waals surface area contributed by atoms with Gasteiger partial charge in [0.1, 0.15) is 5.58 Å². The molecule has 0 aliphatic carbocycles. The number of hydrogen-bond acceptors (Lipinski definition) is 5. The smallest absolute Gasteiger partial charge is 0.337 e. The first kappa shape index (κ1) is 21.9. The van der Waals surface area contributed by atoms with E-state index in [9.17, 15) is 14.4 Å². The topological polar surface area (TPSA) is 76.8 Å². The maximum absolute atomic E-state index is 13.7. The van der Waals surface area contributed by atoms with E-state index in [-0.39, 0.29) is 16.8 Å². The Morgan fingerprint density at radius 3 is 2.41 bits per heavy atom. The third-order valence-corrected chi connectivity index (χ3v) is 6.51. The molecule has 6 nitrogen and oxygen atoms in total. The molecule has 34 heavy (non-hydrogen) atoms. The van der Waals surface area contributed by atoms with Gasteiger partial charge in [0.2, 0.25) is 5.76 Å². The van der Waals surface area contributed by atoms with Gasteiger partial charge in [-0.1, -0.05) is 41.4 Å². The number of benzene rings is 3. The lowest BCUT2D eigenvalue weighted by molar-refractivity contribution is 0.0600. The van der Waals surface area contributed by atoms with Crippen LogP contribution in [0.3, 0.4) is 0 Å². The van der Waals surface area contributed by atoms with Gasteiger partial charge in [0.25, 0.3) is 5.91 Å². The monoisotopic (exact) mass is 473 g/mol. The molecule has 1 amide bonds. The summed E-state index contributed by atoms with van der Waals surface area (Å²) in [7, 11) is 1.31. The van der Waals surface area contributed by atoms with Crippen molar-refractivity contribution in [3.8, 4) is 0 Å². The lowest BCUT2D eigenvalue weighted by Crippen LogP contribution is -2.29. The van der Waals surface area contributed by atoms with Crippen LogP contribution >= 0.6 is 11.6 Å². The number of halogens is 1. The minimum Gasteiger partial charge on any atom is -0.465 e. The zero-order chi connectivity index (χ0) is 24.1. The van der Waals surface area contributed by atoms with Gasteiger partial charge in [-0.25, -0.2) is 4.79 Å². The number of rotatable bonds is 3. The second kappa shape index (κ2) is 8.15. The zero-order valence-corrected chi connectivity index (χ0v) is 19.5. The molecule has 0 N–H and O–H groups in total. The number of carbonyl (C=O) groups is 2. The molecule has 0 spiro atoms. The van der Waals surface area contributed by atoms with Crippen molar-refractivity contribution in [2.45, 2.75) is 19.9 Å². The maximum Gasteiger partial charge on any atom is 0.337 e. The largest absolute Gasteiger partial charge is 0.465 e. The van der Waals surface area contributed by atoms with Crippen molar-refractivity contribution in [1.29, 1.82) is 0 Å². The van der Waals surface area contributed by atoms with Gasteiger partial charge in [0.05, 0.1) is 29.7 Å². The summed E-state index contributed by atoms with van der Waals surface area (Å²) in [5.41, 5.74) is 3.66. The fourth-order valence-corrected chi connectivity index (χ4v) is 4.49. The molecular formula is C27H20ClNO5. The lowest BCUT2D eigenvalue weighted by Gasteiger charge is -2.25. The summed E-state index contributed by atoms with van der Waals surface area (Å²) in [5.74, 6) is -0.908. The average molecular weight is 474 g/mol. The number of amides is 1. The SMILES string of the molecule is COC(=O)c1ccc(C2c3c(oc4ccc(C)cc4c3=O)C(=O)N2c2ccc(C)c(Cl)c2)cc1. The van der Waals surface area contributed by atoms with Crippen molar-refractivity contribution < 1.29 is 18.7 Å². The quantitative estimate of drug-likeness (QED) is 0.362. The molecule has 0 saturated heterocycles. The second-order valence-electron chi connectivity index (χ2n) is 8.30. The van der Waals surface area contributed by atoms with Gasteiger partial charge in [-0.15, -0.1) is 0 Å². The second-order valence-corrected chi connectivity index (χ2v) is 8.71. The molecule has 1 atom stereocenters. The van der Waals surface area contributed by atoms with Crippen LogP contribution in [-0.2, 0) is 4.74 Å². The molecule has 0 fully saturated rings. The summed E-state index contributed by atoms with van der Waals surface area (Å²) in [6, 6.07) is 16.5. The van der Waals surface area contributed by atoms with Crippen LogP contribution in [0.2, 0.25) is 5.02 Å². The molecule has 0 radical (unpaired) electrons. The Kier molecular flexibility index (Phi) is 5.25. The van der Waals surface area contributed by atoms with Crippen LogP contribution in [0, 0.1) is 13.8 Å². The molecule has 1 aliphatic rings. The number of carbonyl (C=O) groups excluding carboxylic acids is 2. The Morgan fingerprint density at radius 1 is 1.00 bits per heavy atom. The summed E-state index contributed by atoms with van der Waals surface area (Å²) in [6.45, 7) is 3.76. The van der Waals surface area contributed by atoms with Crippen LogP contribution in [0.1, 0.15) is 49.2 Å². The van der Waals surface area contributed by atoms with Gasteiger partial charge >= 0.3 is 5.97 Å². The standard InChI is InChI=1S/C27H20ClNO5/c1-14-4-11-21-19(12-14)24(30)22-23(16-6-8-17(9-7-16)27(32)33-3)29(26(31)25(22)34-21)18-10-5-15(2)20(28)13-18/h4-13,23H,1-3H3. The highest BCUT2D eigenvalue weighted by atomic mass is 35.5. The van der Waals surface area contributed by atoms with Gasteiger partial charge in [-0.05, 0) is 61.4 Å². The van der Waals surface area contributed by atoms with Gasteiger partial charge < -0.3 is 9.15 Å². The minimum atomic E-state index is -0.755. The highest BCUT2D eigenvalue weighted by Crippen LogP contribution is 2.42. The highest BCUT2D eigenvalue weighted by Gasteiger charge is 2.43. The Hall–Kier alpha value is -3.90. The Morgan fingerprint density at radius 2 is 1.74 bits per heavy atom. The molecule has 1 aromatic heterocycles. The fraction of sp³-hybridized carbons (Fsp3) is 0.148. The molecule has 1 unspecified atom stereocenters. The van der Waals surface area contributed by atoms with Gasteiger partial charge in [-0.2, -0.15) is 0 Å². The zero-order valence-electron chi connectivity index (χ0n) is 18.7. The van der Waals surface area contributed by atoms with Gasteiger partial charge in [-0.3, -0.25) is 14.5 Å². The summed E-state index contributed by atoms with van der Waals surface area (Å²) in [6.07, 6.45) is 0. The van der Waals surface area contributed by atoms with Gasteiger partial charge in [0, 0.05) is 10.7 Å². The predicted octanol–water partition coefficient (Wildman–Crippen LogP) is 5.60. The van der Waals surface area contributed by atoms with Crippen LogP contribution < -0.4 is 10.3 Å². The number of ether oxygens (including phenoxy) is 1. The molecule has 3 aromatic carbocycles. The van der Waals surface area contributed by atoms with Gasteiger partial charge in [0.15, 0.2) is 5.43 Å². The van der Waals surface area contributed by atoms with Crippen molar-refractivity contribution >= 4 is 40.1 Å². The lowest BCUT2D eigenvalue weighted by atomic mass is 9.97. The molecular weight excluding hydrogens is 454 g/mol. The first-order valence-corrected chi connectivity index (χ1v) is 11.0. The van der Waals surface area contributed by atoms with E-state index in [1.54, 1.807) is 48.5 Å².